The molecule has 0 aromatic carbocycles. The molecule has 0 radical (unpaired) electrons. The summed E-state index contributed by atoms with van der Waals surface area (Å²) in [5, 5.41) is 12.9. The molecule has 2 aromatic rings. The van der Waals surface area contributed by atoms with Crippen molar-refractivity contribution in [1.29, 1.82) is 0 Å². The van der Waals surface area contributed by atoms with E-state index in [-0.39, 0.29) is 12.6 Å². The van der Waals surface area contributed by atoms with Crippen molar-refractivity contribution in [1.82, 2.24) is 15.0 Å². The Labute approximate surface area is 195 Å². The molecule has 3 rings (SSSR count). The number of hydrogen-bond donors (Lipinski definition) is 3. The van der Waals surface area contributed by atoms with Gasteiger partial charge in [-0.2, -0.15) is 0 Å². The Balaban J connectivity index is 1.78. The average Bonchev–Trinajstić information content (AvgIpc) is 2.85. The fourth-order valence-electron chi connectivity index (χ4n) is 3.92. The summed E-state index contributed by atoms with van der Waals surface area (Å²) in [6.07, 6.45) is 9.24. The van der Waals surface area contributed by atoms with Crippen molar-refractivity contribution in [2.24, 2.45) is 5.73 Å². The summed E-state index contributed by atoms with van der Waals surface area (Å²) >= 11 is 0. The molecule has 9 heteroatoms. The molecule has 0 spiro atoms. The number of nitrogens with two attached hydrogens (primary N) is 1. The first-order valence-electron chi connectivity index (χ1n) is 11.6. The van der Waals surface area contributed by atoms with Crippen LogP contribution in [0, 0.1) is 0 Å². The number of aromatic nitrogens is 3. The lowest BCUT2D eigenvalue weighted by Gasteiger charge is -2.36. The summed E-state index contributed by atoms with van der Waals surface area (Å²) in [5.74, 6) is 2.67. The normalized spacial score (nSPS) is 16.5. The number of aliphatic hydroxyl groups is 1. The van der Waals surface area contributed by atoms with Crippen molar-refractivity contribution in [3.05, 3.63) is 42.0 Å². The van der Waals surface area contributed by atoms with Crippen molar-refractivity contribution in [2.45, 2.75) is 58.0 Å². The number of aldehydes is 1. The van der Waals surface area contributed by atoms with Crippen LogP contribution in [0.5, 0.6) is 5.88 Å². The number of allylic oxidation sites excluding steroid dienone is 1. The topological polar surface area (TPSA) is 126 Å². The van der Waals surface area contributed by atoms with E-state index in [1.807, 2.05) is 19.1 Å². The third-order valence-corrected chi connectivity index (χ3v) is 5.72. The van der Waals surface area contributed by atoms with E-state index >= 15 is 0 Å². The number of hydrogen-bond acceptors (Lipinski definition) is 9. The Morgan fingerprint density at radius 3 is 2.94 bits per heavy atom. The molecule has 0 saturated carbocycles. The summed E-state index contributed by atoms with van der Waals surface area (Å²) in [5.41, 5.74) is 7.70. The van der Waals surface area contributed by atoms with Crippen LogP contribution in [-0.4, -0.2) is 52.1 Å². The first kappa shape index (κ1) is 24.4. The van der Waals surface area contributed by atoms with E-state index in [1.165, 1.54) is 0 Å². The van der Waals surface area contributed by atoms with Crippen LogP contribution in [0.2, 0.25) is 0 Å². The van der Waals surface area contributed by atoms with Gasteiger partial charge < -0.3 is 30.6 Å². The van der Waals surface area contributed by atoms with Gasteiger partial charge in [0.25, 0.3) is 0 Å². The van der Waals surface area contributed by atoms with Crippen LogP contribution < -0.4 is 20.7 Å². The second-order valence-electron chi connectivity index (χ2n) is 8.00. The van der Waals surface area contributed by atoms with Crippen LogP contribution in [0.15, 0.2) is 30.6 Å². The molecule has 178 valence electrons. The van der Waals surface area contributed by atoms with Crippen LogP contribution >= 0.6 is 0 Å². The summed E-state index contributed by atoms with van der Waals surface area (Å²) in [6, 6.07) is 5.95. The Morgan fingerprint density at radius 1 is 1.36 bits per heavy atom. The monoisotopic (exact) mass is 454 g/mol. The highest BCUT2D eigenvalue weighted by Crippen LogP contribution is 2.28. The second kappa shape index (κ2) is 12.7. The Morgan fingerprint density at radius 2 is 2.24 bits per heavy atom. The molecule has 1 atom stereocenters. The summed E-state index contributed by atoms with van der Waals surface area (Å²) < 4.78 is 5.42. The maximum Gasteiger partial charge on any atom is 0.213 e. The summed E-state index contributed by atoms with van der Waals surface area (Å²) in [6.45, 7) is 3.95. The Bertz CT molecular complexity index is 917. The van der Waals surface area contributed by atoms with Gasteiger partial charge in [-0.15, -0.1) is 0 Å². The summed E-state index contributed by atoms with van der Waals surface area (Å²) in [7, 11) is 0. The minimum atomic E-state index is 0.162. The molecule has 1 saturated heterocycles. The van der Waals surface area contributed by atoms with E-state index < -0.39 is 0 Å². The smallest absolute Gasteiger partial charge is 0.213 e. The third kappa shape index (κ3) is 6.89. The second-order valence-corrected chi connectivity index (χ2v) is 8.00. The molecule has 1 aliphatic heterocycles. The number of carbonyl (C=O) groups is 1. The maximum absolute atomic E-state index is 10.4. The van der Waals surface area contributed by atoms with E-state index in [2.05, 4.69) is 15.2 Å². The predicted octanol–water partition coefficient (Wildman–Crippen LogP) is 2.90. The maximum atomic E-state index is 10.4. The van der Waals surface area contributed by atoms with Crippen LogP contribution in [0.1, 0.15) is 56.8 Å². The van der Waals surface area contributed by atoms with Gasteiger partial charge in [-0.25, -0.2) is 15.0 Å². The van der Waals surface area contributed by atoms with E-state index in [0.717, 1.165) is 61.9 Å². The molecule has 3 heterocycles. The number of anilines is 2. The molecule has 4 N–H and O–H groups in total. The zero-order valence-corrected chi connectivity index (χ0v) is 19.2. The van der Waals surface area contributed by atoms with Crippen LogP contribution in [0.4, 0.5) is 11.6 Å². The van der Waals surface area contributed by atoms with Crippen molar-refractivity contribution < 1.29 is 14.6 Å². The lowest BCUT2D eigenvalue weighted by molar-refractivity contribution is -0.108. The highest BCUT2D eigenvalue weighted by atomic mass is 16.5. The van der Waals surface area contributed by atoms with Crippen molar-refractivity contribution in [3.63, 3.8) is 0 Å². The molecular weight excluding hydrogens is 420 g/mol. The largest absolute Gasteiger partial charge is 0.477 e. The number of pyridine rings is 1. The number of aliphatic hydroxyl groups excluding tert-OH is 1. The van der Waals surface area contributed by atoms with Gasteiger partial charge in [-0.3, -0.25) is 0 Å². The number of nitrogens with zero attached hydrogens (tertiary/aromatic N) is 4. The molecule has 2 aromatic heterocycles. The standard InChI is InChI=1S/C24H34N6O3/c1-2-19(15-25)24-28-21(14-22(29-24)30-10-4-3-6-20(30)9-12-32)26-16-18-7-8-23(27-17-18)33-13-5-11-31/h7-8,11,14-15,17,20,32H,2-6,9-10,12-13,16,25H2,1H3,(H,26,28,29)/b19-15-/t20-/m0/s1. The highest BCUT2D eigenvalue weighted by Gasteiger charge is 2.24. The van der Waals surface area contributed by atoms with Gasteiger partial charge >= 0.3 is 0 Å². The van der Waals surface area contributed by atoms with E-state index in [4.69, 9.17) is 20.4 Å². The third-order valence-electron chi connectivity index (χ3n) is 5.72. The average molecular weight is 455 g/mol. The lowest BCUT2D eigenvalue weighted by Crippen LogP contribution is -2.40. The van der Waals surface area contributed by atoms with Crippen molar-refractivity contribution in [2.75, 3.05) is 30.0 Å². The molecule has 1 aliphatic rings. The molecule has 0 aliphatic carbocycles. The number of carbonyl (C=O) groups excluding carboxylic acids is 1. The molecule has 0 bridgehead atoms. The number of piperidine rings is 1. The fraction of sp³-hybridized carbons (Fsp3) is 0.500. The zero-order chi connectivity index (χ0) is 23.5. The van der Waals surface area contributed by atoms with Gasteiger partial charge in [-0.1, -0.05) is 13.0 Å². The lowest BCUT2D eigenvalue weighted by atomic mass is 9.99. The molecule has 0 amide bonds. The number of rotatable bonds is 12. The molecular formula is C24H34N6O3. The minimum absolute atomic E-state index is 0.162. The first-order valence-corrected chi connectivity index (χ1v) is 11.6. The van der Waals surface area contributed by atoms with Crippen molar-refractivity contribution in [3.8, 4) is 5.88 Å². The molecule has 0 unspecified atom stereocenters. The fourth-order valence-corrected chi connectivity index (χ4v) is 3.92. The van der Waals surface area contributed by atoms with Gasteiger partial charge in [0.1, 0.15) is 17.9 Å². The van der Waals surface area contributed by atoms with E-state index in [9.17, 15) is 9.90 Å². The Hall–Kier alpha value is -3.20. The SMILES string of the molecule is CC/C(=C/N)c1nc(NCc2ccc(OCCC=O)nc2)cc(N2CCCC[C@H]2CCO)n1. The van der Waals surface area contributed by atoms with Gasteiger partial charge in [0, 0.05) is 62.3 Å². The molecule has 1 fully saturated rings. The number of nitrogens with one attached hydrogen (secondary N) is 1. The zero-order valence-electron chi connectivity index (χ0n) is 19.2. The van der Waals surface area contributed by atoms with Crippen molar-refractivity contribution >= 4 is 23.5 Å². The minimum Gasteiger partial charge on any atom is -0.477 e. The molecule has 33 heavy (non-hydrogen) atoms. The first-order chi connectivity index (χ1) is 16.2. The van der Waals surface area contributed by atoms with E-state index in [1.54, 1.807) is 18.5 Å². The van der Waals surface area contributed by atoms with Gasteiger partial charge in [0.15, 0.2) is 5.82 Å². The highest BCUT2D eigenvalue weighted by molar-refractivity contribution is 5.63. The molecule has 9 nitrogen and oxygen atoms in total. The predicted molar refractivity (Wildman–Crippen MR) is 129 cm³/mol. The Kier molecular flexibility index (Phi) is 9.44. The quantitative estimate of drug-likeness (QED) is 0.328. The van der Waals surface area contributed by atoms with Gasteiger partial charge in [0.2, 0.25) is 5.88 Å². The van der Waals surface area contributed by atoms with Crippen LogP contribution in [0.25, 0.3) is 5.57 Å². The van der Waals surface area contributed by atoms with Gasteiger partial charge in [0.05, 0.1) is 6.61 Å². The number of ether oxygens (including phenoxy) is 1. The van der Waals surface area contributed by atoms with E-state index in [0.29, 0.717) is 37.1 Å². The summed E-state index contributed by atoms with van der Waals surface area (Å²) in [4.78, 5) is 26.5. The van der Waals surface area contributed by atoms with Crippen LogP contribution in [-0.2, 0) is 11.3 Å². The van der Waals surface area contributed by atoms with Gasteiger partial charge in [-0.05, 0) is 37.7 Å². The van der Waals surface area contributed by atoms with Crippen LogP contribution in [0.3, 0.4) is 0 Å².